The standard InChI is InChI=1S/C16H15I2/c1-2-3-16(12-4-8-14(17)9-5-12)13-6-10-15(18)11-7-13/h4-11,16H,1-3H2. The van der Waals surface area contributed by atoms with Gasteiger partial charge in [-0.3, -0.25) is 0 Å². The summed E-state index contributed by atoms with van der Waals surface area (Å²) in [6.45, 7) is 4.01. The molecular weight excluding hydrogens is 446 g/mol. The second-order valence-electron chi connectivity index (χ2n) is 4.30. The number of hydrogen-bond acceptors (Lipinski definition) is 0. The Morgan fingerprint density at radius 1 is 0.778 bits per heavy atom. The number of rotatable bonds is 4. The van der Waals surface area contributed by atoms with Crippen LogP contribution in [0.5, 0.6) is 0 Å². The number of hydrogen-bond donors (Lipinski definition) is 0. The van der Waals surface area contributed by atoms with Gasteiger partial charge in [0.05, 0.1) is 0 Å². The fourth-order valence-corrected chi connectivity index (χ4v) is 2.84. The molecule has 1 radical (unpaired) electrons. The van der Waals surface area contributed by atoms with E-state index >= 15 is 0 Å². The van der Waals surface area contributed by atoms with Crippen molar-refractivity contribution in [1.82, 2.24) is 0 Å². The Kier molecular flexibility index (Phi) is 5.48. The van der Waals surface area contributed by atoms with E-state index in [0.29, 0.717) is 5.92 Å². The van der Waals surface area contributed by atoms with Crippen LogP contribution in [0, 0.1) is 14.1 Å². The van der Waals surface area contributed by atoms with E-state index in [2.05, 4.69) is 101 Å². The largest absolute Gasteiger partial charge is 0.0574 e. The maximum atomic E-state index is 4.01. The zero-order valence-electron chi connectivity index (χ0n) is 10.1. The average molecular weight is 461 g/mol. The first-order valence-corrected chi connectivity index (χ1v) is 8.16. The Hall–Kier alpha value is -0.100. The molecule has 2 aromatic rings. The Morgan fingerprint density at radius 2 is 1.17 bits per heavy atom. The normalized spacial score (nSPS) is 10.9. The van der Waals surface area contributed by atoms with Gasteiger partial charge in [0.15, 0.2) is 0 Å². The van der Waals surface area contributed by atoms with Crippen LogP contribution in [0.1, 0.15) is 29.9 Å². The lowest BCUT2D eigenvalue weighted by Gasteiger charge is -2.17. The third-order valence-corrected chi connectivity index (χ3v) is 4.48. The van der Waals surface area contributed by atoms with Crippen molar-refractivity contribution < 1.29 is 0 Å². The summed E-state index contributed by atoms with van der Waals surface area (Å²) in [5.74, 6) is 0.469. The summed E-state index contributed by atoms with van der Waals surface area (Å²) in [7, 11) is 0. The van der Waals surface area contributed by atoms with E-state index < -0.39 is 0 Å². The highest BCUT2D eigenvalue weighted by molar-refractivity contribution is 14.1. The third kappa shape index (κ3) is 3.70. The summed E-state index contributed by atoms with van der Waals surface area (Å²) in [5.41, 5.74) is 2.78. The second kappa shape index (κ2) is 6.89. The Bertz CT molecular complexity index is 440. The van der Waals surface area contributed by atoms with Gasteiger partial charge in [0.25, 0.3) is 0 Å². The summed E-state index contributed by atoms with van der Waals surface area (Å²) >= 11 is 4.69. The minimum Gasteiger partial charge on any atom is -0.0574 e. The molecule has 93 valence electrons. The smallest absolute Gasteiger partial charge is 0.0130 e. The molecule has 0 heterocycles. The molecule has 0 unspecified atom stereocenters. The molecule has 0 bridgehead atoms. The van der Waals surface area contributed by atoms with E-state index in [1.807, 2.05) is 0 Å². The second-order valence-corrected chi connectivity index (χ2v) is 6.79. The van der Waals surface area contributed by atoms with Crippen molar-refractivity contribution in [2.45, 2.75) is 18.8 Å². The van der Waals surface area contributed by atoms with E-state index in [9.17, 15) is 0 Å². The molecule has 0 N–H and O–H groups in total. The van der Waals surface area contributed by atoms with E-state index in [1.165, 1.54) is 18.3 Å². The molecule has 0 aliphatic carbocycles. The van der Waals surface area contributed by atoms with E-state index in [1.54, 1.807) is 0 Å². The maximum absolute atomic E-state index is 4.01. The molecule has 0 saturated heterocycles. The molecule has 18 heavy (non-hydrogen) atoms. The van der Waals surface area contributed by atoms with Crippen molar-refractivity contribution in [3.8, 4) is 0 Å². The quantitative estimate of drug-likeness (QED) is 0.518. The molecule has 0 aliphatic rings. The van der Waals surface area contributed by atoms with Crippen LogP contribution in [0.4, 0.5) is 0 Å². The Balaban J connectivity index is 2.33. The van der Waals surface area contributed by atoms with Gasteiger partial charge in [-0.15, -0.1) is 0 Å². The third-order valence-electron chi connectivity index (χ3n) is 3.04. The molecule has 0 atom stereocenters. The molecule has 0 nitrogen and oxygen atoms in total. The molecule has 2 rings (SSSR count). The first-order chi connectivity index (χ1) is 8.70. The summed E-state index contributed by atoms with van der Waals surface area (Å²) in [4.78, 5) is 0. The van der Waals surface area contributed by atoms with E-state index in [-0.39, 0.29) is 0 Å². The van der Waals surface area contributed by atoms with Crippen LogP contribution in [0.2, 0.25) is 0 Å². The maximum Gasteiger partial charge on any atom is 0.0130 e. The zero-order chi connectivity index (χ0) is 13.0. The van der Waals surface area contributed by atoms with Gasteiger partial charge in [0.1, 0.15) is 0 Å². The van der Waals surface area contributed by atoms with Gasteiger partial charge in [-0.05, 0) is 87.0 Å². The van der Waals surface area contributed by atoms with Crippen molar-refractivity contribution in [3.63, 3.8) is 0 Å². The molecule has 2 aromatic carbocycles. The first kappa shape index (κ1) is 14.3. The van der Waals surface area contributed by atoms with Crippen molar-refractivity contribution in [2.24, 2.45) is 0 Å². The highest BCUT2D eigenvalue weighted by Crippen LogP contribution is 2.29. The van der Waals surface area contributed by atoms with Crippen LogP contribution < -0.4 is 0 Å². The molecule has 0 fully saturated rings. The van der Waals surface area contributed by atoms with Crippen LogP contribution in [-0.2, 0) is 0 Å². The minimum atomic E-state index is 0.469. The van der Waals surface area contributed by atoms with E-state index in [0.717, 1.165) is 12.8 Å². The average Bonchev–Trinajstić information content (AvgIpc) is 2.39. The monoisotopic (exact) mass is 461 g/mol. The molecule has 0 aromatic heterocycles. The zero-order valence-corrected chi connectivity index (χ0v) is 14.4. The van der Waals surface area contributed by atoms with Gasteiger partial charge >= 0.3 is 0 Å². The predicted molar refractivity (Wildman–Crippen MR) is 94.8 cm³/mol. The fraction of sp³-hybridized carbons (Fsp3) is 0.188. The number of benzene rings is 2. The molecule has 0 amide bonds. The lowest BCUT2D eigenvalue weighted by atomic mass is 9.88. The van der Waals surface area contributed by atoms with Gasteiger partial charge in [-0.25, -0.2) is 0 Å². The van der Waals surface area contributed by atoms with Gasteiger partial charge in [-0.1, -0.05) is 37.6 Å². The van der Waals surface area contributed by atoms with Crippen molar-refractivity contribution >= 4 is 45.2 Å². The minimum absolute atomic E-state index is 0.469. The highest BCUT2D eigenvalue weighted by Gasteiger charge is 2.12. The van der Waals surface area contributed by atoms with Gasteiger partial charge in [0, 0.05) is 13.1 Å². The summed E-state index contributed by atoms with van der Waals surface area (Å²) in [5, 5.41) is 0. The van der Waals surface area contributed by atoms with Crippen LogP contribution in [-0.4, -0.2) is 0 Å². The van der Waals surface area contributed by atoms with Gasteiger partial charge in [-0.2, -0.15) is 0 Å². The van der Waals surface area contributed by atoms with Crippen LogP contribution in [0.3, 0.4) is 0 Å². The predicted octanol–water partition coefficient (Wildman–Crippen LogP) is 5.64. The van der Waals surface area contributed by atoms with Gasteiger partial charge < -0.3 is 0 Å². The molecule has 0 aliphatic heterocycles. The summed E-state index contributed by atoms with van der Waals surface area (Å²) < 4.78 is 2.57. The first-order valence-electron chi connectivity index (χ1n) is 6.01. The number of halogens is 2. The fourth-order valence-electron chi connectivity index (χ4n) is 2.12. The SMILES string of the molecule is [CH2]CCC(c1ccc(I)cc1)c1ccc(I)cc1. The molecule has 2 heteroatoms. The molecular formula is C16H15I2. The van der Waals surface area contributed by atoms with Crippen molar-refractivity contribution in [2.75, 3.05) is 0 Å². The summed E-state index contributed by atoms with van der Waals surface area (Å²) in [6, 6.07) is 17.7. The highest BCUT2D eigenvalue weighted by atomic mass is 127. The Morgan fingerprint density at radius 3 is 1.50 bits per heavy atom. The lowest BCUT2D eigenvalue weighted by Crippen LogP contribution is -2.01. The lowest BCUT2D eigenvalue weighted by molar-refractivity contribution is 0.726. The van der Waals surface area contributed by atoms with Crippen molar-refractivity contribution in [3.05, 3.63) is 73.7 Å². The molecule has 0 saturated carbocycles. The van der Waals surface area contributed by atoms with Gasteiger partial charge in [0.2, 0.25) is 0 Å². The van der Waals surface area contributed by atoms with E-state index in [4.69, 9.17) is 0 Å². The van der Waals surface area contributed by atoms with Crippen molar-refractivity contribution in [1.29, 1.82) is 0 Å². The topological polar surface area (TPSA) is 0 Å². The molecule has 0 spiro atoms. The summed E-state index contributed by atoms with van der Waals surface area (Å²) in [6.07, 6.45) is 2.06. The van der Waals surface area contributed by atoms with Crippen LogP contribution in [0.25, 0.3) is 0 Å². The van der Waals surface area contributed by atoms with Crippen LogP contribution >= 0.6 is 45.2 Å². The van der Waals surface area contributed by atoms with Crippen LogP contribution in [0.15, 0.2) is 48.5 Å². The Labute approximate surface area is 136 Å².